The molecule has 0 saturated heterocycles. The zero-order chi connectivity index (χ0) is 19.4. The Kier molecular flexibility index (Phi) is 6.08. The maximum Gasteiger partial charge on any atom is 0.267 e. The minimum absolute atomic E-state index is 0.241. The van der Waals surface area contributed by atoms with Gasteiger partial charge in [-0.2, -0.15) is 0 Å². The van der Waals surface area contributed by atoms with Crippen molar-refractivity contribution in [1.29, 1.82) is 0 Å². The van der Waals surface area contributed by atoms with Gasteiger partial charge in [0.1, 0.15) is 10.8 Å². The quantitative estimate of drug-likeness (QED) is 0.611. The number of nitrogens with zero attached hydrogens (tertiary/aromatic N) is 2. The molecule has 3 aromatic rings. The highest BCUT2D eigenvalue weighted by atomic mass is 35.5. The SMILES string of the molecule is CC[C@H](Oc1ccc(C)c(C)c1)C(=O)Nc1nnc(-c2ccc(Cl)cc2)s1. The molecule has 5 nitrogen and oxygen atoms in total. The number of anilines is 1. The molecular formula is C20H20ClN3O2S. The summed E-state index contributed by atoms with van der Waals surface area (Å²) in [5, 5.41) is 12.8. The molecule has 0 bridgehead atoms. The van der Waals surface area contributed by atoms with Gasteiger partial charge in [0.2, 0.25) is 5.13 Å². The highest BCUT2D eigenvalue weighted by Gasteiger charge is 2.20. The standard InChI is InChI=1S/C20H20ClN3O2S/c1-4-17(26-16-10-5-12(2)13(3)11-16)18(25)22-20-24-23-19(27-20)14-6-8-15(21)9-7-14/h5-11,17H,4H2,1-3H3,(H,22,24,25)/t17-/m0/s1. The Balaban J connectivity index is 1.67. The molecule has 3 rings (SSSR count). The second kappa shape index (κ2) is 8.50. The van der Waals surface area contributed by atoms with E-state index in [0.717, 1.165) is 11.1 Å². The molecule has 27 heavy (non-hydrogen) atoms. The van der Waals surface area contributed by atoms with E-state index in [1.54, 1.807) is 12.1 Å². The molecule has 1 atom stereocenters. The first kappa shape index (κ1) is 19.3. The van der Waals surface area contributed by atoms with Gasteiger partial charge in [0.25, 0.3) is 5.91 Å². The Labute approximate surface area is 167 Å². The number of nitrogens with one attached hydrogen (secondary N) is 1. The second-order valence-electron chi connectivity index (χ2n) is 6.17. The molecule has 1 heterocycles. The van der Waals surface area contributed by atoms with Crippen molar-refractivity contribution in [2.24, 2.45) is 0 Å². The van der Waals surface area contributed by atoms with Crippen LogP contribution in [0.25, 0.3) is 10.6 Å². The van der Waals surface area contributed by atoms with Gasteiger partial charge in [0, 0.05) is 10.6 Å². The third-order valence-corrected chi connectivity index (χ3v) is 5.31. The number of ether oxygens (including phenoxy) is 1. The molecule has 0 unspecified atom stereocenters. The largest absolute Gasteiger partial charge is 0.481 e. The normalized spacial score (nSPS) is 11.9. The predicted molar refractivity (Wildman–Crippen MR) is 110 cm³/mol. The third kappa shape index (κ3) is 4.84. The van der Waals surface area contributed by atoms with Crippen molar-refractivity contribution in [2.45, 2.75) is 33.3 Å². The van der Waals surface area contributed by atoms with Crippen LogP contribution in [0.4, 0.5) is 5.13 Å². The summed E-state index contributed by atoms with van der Waals surface area (Å²) in [6, 6.07) is 13.1. The van der Waals surface area contributed by atoms with Crippen LogP contribution >= 0.6 is 22.9 Å². The van der Waals surface area contributed by atoms with E-state index in [-0.39, 0.29) is 5.91 Å². The zero-order valence-electron chi connectivity index (χ0n) is 15.3. The lowest BCUT2D eigenvalue weighted by molar-refractivity contribution is -0.122. The summed E-state index contributed by atoms with van der Waals surface area (Å²) in [6.07, 6.45) is -0.0586. The summed E-state index contributed by atoms with van der Waals surface area (Å²) in [4.78, 5) is 12.6. The summed E-state index contributed by atoms with van der Waals surface area (Å²) in [7, 11) is 0. The van der Waals surface area contributed by atoms with E-state index in [0.29, 0.717) is 27.3 Å². The molecule has 2 aromatic carbocycles. The van der Waals surface area contributed by atoms with Crippen molar-refractivity contribution in [2.75, 3.05) is 5.32 Å². The summed E-state index contributed by atoms with van der Waals surface area (Å²) >= 11 is 7.21. The molecule has 7 heteroatoms. The molecule has 0 saturated carbocycles. The number of halogens is 1. The van der Waals surface area contributed by atoms with Gasteiger partial charge in [-0.1, -0.05) is 48.1 Å². The molecule has 0 aliphatic rings. The van der Waals surface area contributed by atoms with Crippen LogP contribution in [0.5, 0.6) is 5.75 Å². The van der Waals surface area contributed by atoms with Gasteiger partial charge in [0.15, 0.2) is 6.10 Å². The molecule has 140 valence electrons. The fourth-order valence-corrected chi connectivity index (χ4v) is 3.32. The fraction of sp³-hybridized carbons (Fsp3) is 0.250. The van der Waals surface area contributed by atoms with E-state index in [2.05, 4.69) is 15.5 Å². The zero-order valence-corrected chi connectivity index (χ0v) is 16.9. The molecule has 0 aliphatic carbocycles. The Morgan fingerprint density at radius 1 is 1.15 bits per heavy atom. The van der Waals surface area contributed by atoms with Crippen molar-refractivity contribution >= 4 is 34.0 Å². The van der Waals surface area contributed by atoms with E-state index >= 15 is 0 Å². The average Bonchev–Trinajstić information content (AvgIpc) is 3.11. The number of amides is 1. The number of hydrogen-bond acceptors (Lipinski definition) is 5. The van der Waals surface area contributed by atoms with E-state index < -0.39 is 6.10 Å². The van der Waals surface area contributed by atoms with Crippen LogP contribution in [0, 0.1) is 13.8 Å². The number of aromatic nitrogens is 2. The lowest BCUT2D eigenvalue weighted by atomic mass is 10.1. The second-order valence-corrected chi connectivity index (χ2v) is 7.58. The number of rotatable bonds is 6. The molecule has 1 N–H and O–H groups in total. The molecule has 0 radical (unpaired) electrons. The monoisotopic (exact) mass is 401 g/mol. The van der Waals surface area contributed by atoms with Gasteiger partial charge in [-0.05, 0) is 55.7 Å². The Morgan fingerprint density at radius 3 is 2.56 bits per heavy atom. The third-order valence-electron chi connectivity index (χ3n) is 4.17. The van der Waals surface area contributed by atoms with Crippen LogP contribution in [0.2, 0.25) is 5.02 Å². The van der Waals surface area contributed by atoms with E-state index in [1.165, 1.54) is 16.9 Å². The summed E-state index contributed by atoms with van der Waals surface area (Å²) in [6.45, 7) is 5.96. The lowest BCUT2D eigenvalue weighted by Gasteiger charge is -2.17. The lowest BCUT2D eigenvalue weighted by Crippen LogP contribution is -2.32. The number of aryl methyl sites for hydroxylation is 2. The number of carbonyl (C=O) groups is 1. The fourth-order valence-electron chi connectivity index (χ4n) is 2.44. The molecule has 0 spiro atoms. The van der Waals surface area contributed by atoms with Crippen LogP contribution in [-0.4, -0.2) is 22.2 Å². The Bertz CT molecular complexity index is 941. The maximum atomic E-state index is 12.6. The predicted octanol–water partition coefficient (Wildman–Crippen LogP) is 5.27. The van der Waals surface area contributed by atoms with Crippen LogP contribution in [-0.2, 0) is 4.79 Å². The number of hydrogen-bond donors (Lipinski definition) is 1. The summed E-state index contributed by atoms with van der Waals surface area (Å²) in [5.41, 5.74) is 3.21. The van der Waals surface area contributed by atoms with Gasteiger partial charge in [-0.25, -0.2) is 0 Å². The van der Waals surface area contributed by atoms with Crippen molar-refractivity contribution in [1.82, 2.24) is 10.2 Å². The van der Waals surface area contributed by atoms with Crippen molar-refractivity contribution in [3.8, 4) is 16.3 Å². The Morgan fingerprint density at radius 2 is 1.89 bits per heavy atom. The van der Waals surface area contributed by atoms with E-state index in [1.807, 2.05) is 51.1 Å². The van der Waals surface area contributed by atoms with Crippen LogP contribution in [0.1, 0.15) is 24.5 Å². The van der Waals surface area contributed by atoms with Crippen molar-refractivity contribution in [3.05, 3.63) is 58.6 Å². The van der Waals surface area contributed by atoms with Gasteiger partial charge in [-0.15, -0.1) is 10.2 Å². The summed E-state index contributed by atoms with van der Waals surface area (Å²) in [5.74, 6) is 0.439. The smallest absolute Gasteiger partial charge is 0.267 e. The van der Waals surface area contributed by atoms with E-state index in [4.69, 9.17) is 16.3 Å². The molecule has 1 amide bonds. The van der Waals surface area contributed by atoms with Crippen LogP contribution in [0.3, 0.4) is 0 Å². The highest BCUT2D eigenvalue weighted by molar-refractivity contribution is 7.18. The summed E-state index contributed by atoms with van der Waals surface area (Å²) < 4.78 is 5.87. The van der Waals surface area contributed by atoms with Crippen LogP contribution < -0.4 is 10.1 Å². The first-order valence-electron chi connectivity index (χ1n) is 8.60. The van der Waals surface area contributed by atoms with E-state index in [9.17, 15) is 4.79 Å². The molecule has 0 fully saturated rings. The van der Waals surface area contributed by atoms with Gasteiger partial charge in [-0.3, -0.25) is 10.1 Å². The Hall–Kier alpha value is -2.44. The number of benzene rings is 2. The average molecular weight is 402 g/mol. The van der Waals surface area contributed by atoms with Crippen molar-refractivity contribution < 1.29 is 9.53 Å². The minimum atomic E-state index is -0.602. The van der Waals surface area contributed by atoms with Crippen LogP contribution in [0.15, 0.2) is 42.5 Å². The maximum absolute atomic E-state index is 12.6. The highest BCUT2D eigenvalue weighted by Crippen LogP contribution is 2.27. The molecular weight excluding hydrogens is 382 g/mol. The first-order valence-corrected chi connectivity index (χ1v) is 9.80. The van der Waals surface area contributed by atoms with Gasteiger partial charge < -0.3 is 4.74 Å². The minimum Gasteiger partial charge on any atom is -0.481 e. The first-order chi connectivity index (χ1) is 13.0. The molecule has 0 aliphatic heterocycles. The van der Waals surface area contributed by atoms with Gasteiger partial charge in [0.05, 0.1) is 0 Å². The van der Waals surface area contributed by atoms with Gasteiger partial charge >= 0.3 is 0 Å². The topological polar surface area (TPSA) is 64.1 Å². The van der Waals surface area contributed by atoms with Crippen molar-refractivity contribution in [3.63, 3.8) is 0 Å². The molecule has 1 aromatic heterocycles. The number of carbonyl (C=O) groups excluding carboxylic acids is 1.